The first-order valence-corrected chi connectivity index (χ1v) is 7.41. The first-order valence-electron chi connectivity index (χ1n) is 7.41. The molecule has 0 heterocycles. The molecule has 0 aliphatic carbocycles. The van der Waals surface area contributed by atoms with Gasteiger partial charge < -0.3 is 14.8 Å². The molecule has 2 aromatic rings. The van der Waals surface area contributed by atoms with E-state index >= 15 is 0 Å². The highest BCUT2D eigenvalue weighted by Crippen LogP contribution is 2.13. The van der Waals surface area contributed by atoms with Gasteiger partial charge in [-0.15, -0.1) is 0 Å². The summed E-state index contributed by atoms with van der Waals surface area (Å²) in [5.41, 5.74) is 1.42. The van der Waals surface area contributed by atoms with E-state index in [2.05, 4.69) is 5.32 Å². The molecule has 0 spiro atoms. The molecule has 0 aromatic heterocycles. The van der Waals surface area contributed by atoms with Gasteiger partial charge in [-0.2, -0.15) is 0 Å². The fourth-order valence-electron chi connectivity index (χ4n) is 1.99. The minimum absolute atomic E-state index is 0.177. The number of rotatable bonds is 7. The van der Waals surface area contributed by atoms with E-state index in [4.69, 9.17) is 9.47 Å². The van der Waals surface area contributed by atoms with Gasteiger partial charge in [-0.25, -0.2) is 4.39 Å². The monoisotopic (exact) mass is 331 g/mol. The second-order valence-electron chi connectivity index (χ2n) is 5.06. The lowest BCUT2D eigenvalue weighted by molar-refractivity contribution is -0.147. The van der Waals surface area contributed by atoms with E-state index in [0.29, 0.717) is 12.1 Å². The van der Waals surface area contributed by atoms with Crippen molar-refractivity contribution in [3.63, 3.8) is 0 Å². The predicted octanol–water partition coefficient (Wildman–Crippen LogP) is 2.95. The van der Waals surface area contributed by atoms with E-state index in [1.165, 1.54) is 24.3 Å². The number of nitrogens with one attached hydrogen (secondary N) is 1. The summed E-state index contributed by atoms with van der Waals surface area (Å²) in [7, 11) is 1.59. The average molecular weight is 331 g/mol. The molecule has 2 aromatic carbocycles. The fraction of sp³-hybridized carbons (Fsp3) is 0.222. The number of aryl methyl sites for hydroxylation is 1. The zero-order chi connectivity index (χ0) is 17.4. The Hall–Kier alpha value is -2.89. The van der Waals surface area contributed by atoms with E-state index in [9.17, 15) is 14.0 Å². The molecular weight excluding hydrogens is 313 g/mol. The highest BCUT2D eigenvalue weighted by Gasteiger charge is 2.08. The Bertz CT molecular complexity index is 683. The van der Waals surface area contributed by atoms with Crippen molar-refractivity contribution in [1.29, 1.82) is 0 Å². The first kappa shape index (κ1) is 17.5. The van der Waals surface area contributed by atoms with Crippen LogP contribution in [-0.2, 0) is 20.7 Å². The van der Waals surface area contributed by atoms with Gasteiger partial charge in [0.2, 0.25) is 0 Å². The summed E-state index contributed by atoms with van der Waals surface area (Å²) in [4.78, 5) is 23.3. The molecule has 126 valence electrons. The summed E-state index contributed by atoms with van der Waals surface area (Å²) in [5, 5.41) is 2.51. The van der Waals surface area contributed by atoms with Crippen molar-refractivity contribution in [1.82, 2.24) is 0 Å². The lowest BCUT2D eigenvalue weighted by Gasteiger charge is -2.07. The number of halogens is 1. The standard InChI is InChI=1S/C18H18FNO4/c1-23-16-9-2-13(3-10-16)4-11-18(22)24-12-17(21)20-15-7-5-14(19)6-8-15/h2-3,5-10H,4,11-12H2,1H3,(H,20,21). The van der Waals surface area contributed by atoms with E-state index in [1.807, 2.05) is 24.3 Å². The van der Waals surface area contributed by atoms with E-state index in [1.54, 1.807) is 7.11 Å². The molecule has 0 saturated carbocycles. The Morgan fingerprint density at radius 1 is 1.04 bits per heavy atom. The van der Waals surface area contributed by atoms with Crippen molar-refractivity contribution in [2.75, 3.05) is 19.0 Å². The number of methoxy groups -OCH3 is 1. The molecule has 0 unspecified atom stereocenters. The molecule has 0 saturated heterocycles. The highest BCUT2D eigenvalue weighted by molar-refractivity contribution is 5.92. The van der Waals surface area contributed by atoms with Crippen LogP contribution in [0.25, 0.3) is 0 Å². The third kappa shape index (κ3) is 5.72. The van der Waals surface area contributed by atoms with Crippen LogP contribution in [0.5, 0.6) is 5.75 Å². The summed E-state index contributed by atoms with van der Waals surface area (Å²) in [6, 6.07) is 12.7. The van der Waals surface area contributed by atoms with Crippen molar-refractivity contribution in [3.8, 4) is 5.75 Å². The minimum atomic E-state index is -0.473. The van der Waals surface area contributed by atoms with Gasteiger partial charge in [0.05, 0.1) is 7.11 Å². The van der Waals surface area contributed by atoms with Gasteiger partial charge in [0.15, 0.2) is 6.61 Å². The highest BCUT2D eigenvalue weighted by atomic mass is 19.1. The molecule has 0 bridgehead atoms. The first-order chi connectivity index (χ1) is 11.6. The lowest BCUT2D eigenvalue weighted by atomic mass is 10.1. The van der Waals surface area contributed by atoms with Crippen molar-refractivity contribution >= 4 is 17.6 Å². The van der Waals surface area contributed by atoms with E-state index in [-0.39, 0.29) is 13.0 Å². The van der Waals surface area contributed by atoms with Crippen LogP contribution in [0, 0.1) is 5.82 Å². The van der Waals surface area contributed by atoms with Gasteiger partial charge in [0, 0.05) is 12.1 Å². The zero-order valence-corrected chi connectivity index (χ0v) is 13.3. The Morgan fingerprint density at radius 2 is 1.71 bits per heavy atom. The van der Waals surface area contributed by atoms with Crippen LogP contribution >= 0.6 is 0 Å². The molecule has 6 heteroatoms. The molecule has 0 aliphatic rings. The van der Waals surface area contributed by atoms with Gasteiger partial charge in [-0.3, -0.25) is 9.59 Å². The molecule has 1 amide bonds. The zero-order valence-electron chi connectivity index (χ0n) is 13.3. The normalized spacial score (nSPS) is 10.1. The Kier molecular flexibility index (Phi) is 6.31. The Labute approximate surface area is 139 Å². The Morgan fingerprint density at radius 3 is 2.33 bits per heavy atom. The van der Waals surface area contributed by atoms with Crippen molar-refractivity contribution in [3.05, 3.63) is 59.9 Å². The summed E-state index contributed by atoms with van der Waals surface area (Å²) in [6.45, 7) is -0.376. The van der Waals surface area contributed by atoms with E-state index < -0.39 is 17.7 Å². The van der Waals surface area contributed by atoms with Crippen LogP contribution < -0.4 is 10.1 Å². The van der Waals surface area contributed by atoms with Gasteiger partial charge >= 0.3 is 5.97 Å². The number of carbonyl (C=O) groups excluding carboxylic acids is 2. The SMILES string of the molecule is COc1ccc(CCC(=O)OCC(=O)Nc2ccc(F)cc2)cc1. The molecular formula is C18H18FNO4. The van der Waals surface area contributed by atoms with Crippen molar-refractivity contribution in [2.45, 2.75) is 12.8 Å². The second kappa shape index (κ2) is 8.67. The van der Waals surface area contributed by atoms with E-state index in [0.717, 1.165) is 11.3 Å². The third-order valence-corrected chi connectivity index (χ3v) is 3.27. The minimum Gasteiger partial charge on any atom is -0.497 e. The average Bonchev–Trinajstić information content (AvgIpc) is 2.60. The number of benzene rings is 2. The van der Waals surface area contributed by atoms with Gasteiger partial charge in [0.1, 0.15) is 11.6 Å². The number of carbonyl (C=O) groups is 2. The molecule has 24 heavy (non-hydrogen) atoms. The fourth-order valence-corrected chi connectivity index (χ4v) is 1.99. The quantitative estimate of drug-likeness (QED) is 0.792. The topological polar surface area (TPSA) is 64.6 Å². The molecule has 5 nitrogen and oxygen atoms in total. The summed E-state index contributed by atoms with van der Waals surface area (Å²) >= 11 is 0. The number of amides is 1. The number of hydrogen-bond acceptors (Lipinski definition) is 4. The van der Waals surface area contributed by atoms with Crippen LogP contribution in [0.3, 0.4) is 0 Å². The number of ether oxygens (including phenoxy) is 2. The molecule has 0 aliphatic heterocycles. The smallest absolute Gasteiger partial charge is 0.306 e. The van der Waals surface area contributed by atoms with Crippen molar-refractivity contribution in [2.24, 2.45) is 0 Å². The molecule has 2 rings (SSSR count). The third-order valence-electron chi connectivity index (χ3n) is 3.27. The number of anilines is 1. The summed E-state index contributed by atoms with van der Waals surface area (Å²) < 4.78 is 22.7. The molecule has 0 fully saturated rings. The second-order valence-corrected chi connectivity index (χ2v) is 5.06. The van der Waals surface area contributed by atoms with Gasteiger partial charge in [0.25, 0.3) is 5.91 Å². The molecule has 1 N–H and O–H groups in total. The summed E-state index contributed by atoms with van der Waals surface area (Å²) in [6.07, 6.45) is 0.693. The summed E-state index contributed by atoms with van der Waals surface area (Å²) in [5.74, 6) is -0.573. The molecule has 0 radical (unpaired) electrons. The van der Waals surface area contributed by atoms with Crippen LogP contribution in [0.2, 0.25) is 0 Å². The van der Waals surface area contributed by atoms with Crippen LogP contribution in [-0.4, -0.2) is 25.6 Å². The Balaban J connectivity index is 1.70. The molecule has 0 atom stereocenters. The predicted molar refractivity (Wildman–Crippen MR) is 87.3 cm³/mol. The van der Waals surface area contributed by atoms with Crippen LogP contribution in [0.1, 0.15) is 12.0 Å². The van der Waals surface area contributed by atoms with Gasteiger partial charge in [-0.05, 0) is 48.4 Å². The number of hydrogen-bond donors (Lipinski definition) is 1. The van der Waals surface area contributed by atoms with Crippen LogP contribution in [0.4, 0.5) is 10.1 Å². The lowest BCUT2D eigenvalue weighted by Crippen LogP contribution is -2.21. The maximum Gasteiger partial charge on any atom is 0.306 e. The number of esters is 1. The van der Waals surface area contributed by atoms with Crippen molar-refractivity contribution < 1.29 is 23.5 Å². The maximum absolute atomic E-state index is 12.8. The van der Waals surface area contributed by atoms with Crippen LogP contribution in [0.15, 0.2) is 48.5 Å². The largest absolute Gasteiger partial charge is 0.497 e. The van der Waals surface area contributed by atoms with Gasteiger partial charge in [-0.1, -0.05) is 12.1 Å². The maximum atomic E-state index is 12.8.